The van der Waals surface area contributed by atoms with Crippen LogP contribution in [0.15, 0.2) is 41.0 Å². The van der Waals surface area contributed by atoms with Crippen molar-refractivity contribution in [3.63, 3.8) is 0 Å². The molecule has 1 amide bonds. The minimum Gasteiger partial charge on any atom is -0.467 e. The summed E-state index contributed by atoms with van der Waals surface area (Å²) in [4.78, 5) is 37.2. The highest BCUT2D eigenvalue weighted by molar-refractivity contribution is 5.93. The molecule has 154 valence electrons. The summed E-state index contributed by atoms with van der Waals surface area (Å²) in [5.41, 5.74) is 0.217. The molecule has 0 saturated carbocycles. The topological polar surface area (TPSA) is 124 Å². The van der Waals surface area contributed by atoms with Crippen LogP contribution >= 0.6 is 0 Å². The van der Waals surface area contributed by atoms with E-state index in [2.05, 4.69) is 5.32 Å². The van der Waals surface area contributed by atoms with Crippen LogP contribution in [0.4, 0.5) is 11.4 Å². The highest BCUT2D eigenvalue weighted by Gasteiger charge is 2.25. The molecule has 2 aromatic rings. The van der Waals surface area contributed by atoms with Gasteiger partial charge in [0.25, 0.3) is 11.6 Å². The Morgan fingerprint density at radius 3 is 2.72 bits per heavy atom. The lowest BCUT2D eigenvalue weighted by molar-refractivity contribution is -0.384. The summed E-state index contributed by atoms with van der Waals surface area (Å²) in [5.74, 6) is -0.761. The van der Waals surface area contributed by atoms with Gasteiger partial charge in [-0.15, -0.1) is 0 Å². The molecule has 1 aromatic carbocycles. The lowest BCUT2D eigenvalue weighted by Gasteiger charge is -2.28. The van der Waals surface area contributed by atoms with Crippen LogP contribution in [-0.2, 0) is 20.8 Å². The number of nitrogens with one attached hydrogen (secondary N) is 1. The van der Waals surface area contributed by atoms with E-state index < -0.39 is 22.9 Å². The number of nitro benzene ring substituents is 1. The first kappa shape index (κ1) is 20.3. The molecule has 3 rings (SSSR count). The van der Waals surface area contributed by atoms with Crippen LogP contribution in [0.1, 0.15) is 23.0 Å². The van der Waals surface area contributed by atoms with Gasteiger partial charge >= 0.3 is 5.97 Å². The third kappa shape index (κ3) is 5.11. The Labute approximate surface area is 166 Å². The predicted molar refractivity (Wildman–Crippen MR) is 102 cm³/mol. The molecule has 1 saturated heterocycles. The molecule has 0 aliphatic carbocycles. The smallest absolute Gasteiger partial charge is 0.339 e. The maximum Gasteiger partial charge on any atom is 0.339 e. The second-order valence-corrected chi connectivity index (χ2v) is 6.40. The summed E-state index contributed by atoms with van der Waals surface area (Å²) in [6.45, 7) is 3.59. The fourth-order valence-electron chi connectivity index (χ4n) is 2.88. The molecule has 10 heteroatoms. The van der Waals surface area contributed by atoms with Gasteiger partial charge in [0.15, 0.2) is 6.10 Å². The molecule has 0 unspecified atom stereocenters. The van der Waals surface area contributed by atoms with Crippen molar-refractivity contribution in [2.45, 2.75) is 19.6 Å². The van der Waals surface area contributed by atoms with E-state index in [1.54, 1.807) is 12.1 Å². The Kier molecular flexibility index (Phi) is 6.45. The molecular weight excluding hydrogens is 382 g/mol. The van der Waals surface area contributed by atoms with E-state index in [0.29, 0.717) is 37.8 Å². The number of ether oxygens (including phenoxy) is 2. The SMILES string of the molecule is C[C@H](OC(=O)c1ccc(N2CCOCC2)c([N+](=O)[O-])c1)C(=O)NCc1ccco1. The van der Waals surface area contributed by atoms with Gasteiger partial charge in [0, 0.05) is 19.2 Å². The number of benzene rings is 1. The highest BCUT2D eigenvalue weighted by Crippen LogP contribution is 2.30. The molecule has 29 heavy (non-hydrogen) atoms. The van der Waals surface area contributed by atoms with Gasteiger partial charge in [-0.05, 0) is 31.2 Å². The molecule has 1 aromatic heterocycles. The number of furan rings is 1. The third-order valence-corrected chi connectivity index (χ3v) is 4.43. The van der Waals surface area contributed by atoms with E-state index in [9.17, 15) is 19.7 Å². The van der Waals surface area contributed by atoms with Gasteiger partial charge in [-0.3, -0.25) is 14.9 Å². The molecule has 0 spiro atoms. The summed E-state index contributed by atoms with van der Waals surface area (Å²) < 4.78 is 15.5. The number of amides is 1. The summed E-state index contributed by atoms with van der Waals surface area (Å²) in [7, 11) is 0. The number of morpholine rings is 1. The number of nitrogens with zero attached hydrogens (tertiary/aromatic N) is 2. The van der Waals surface area contributed by atoms with Gasteiger partial charge in [0.2, 0.25) is 0 Å². The number of rotatable bonds is 7. The Morgan fingerprint density at radius 1 is 1.31 bits per heavy atom. The molecule has 2 heterocycles. The molecule has 1 aliphatic heterocycles. The Balaban J connectivity index is 1.65. The number of hydrogen-bond acceptors (Lipinski definition) is 8. The number of nitro groups is 1. The van der Waals surface area contributed by atoms with Crippen LogP contribution < -0.4 is 10.2 Å². The van der Waals surface area contributed by atoms with Crippen LogP contribution in [0.5, 0.6) is 0 Å². The molecule has 0 bridgehead atoms. The quantitative estimate of drug-likeness (QED) is 0.422. The van der Waals surface area contributed by atoms with E-state index in [1.807, 2.05) is 4.90 Å². The molecule has 1 N–H and O–H groups in total. The number of hydrogen-bond donors (Lipinski definition) is 1. The van der Waals surface area contributed by atoms with Crippen molar-refractivity contribution in [3.05, 3.63) is 58.0 Å². The van der Waals surface area contributed by atoms with E-state index >= 15 is 0 Å². The van der Waals surface area contributed by atoms with Gasteiger partial charge in [-0.1, -0.05) is 0 Å². The van der Waals surface area contributed by atoms with Gasteiger partial charge < -0.3 is 24.1 Å². The molecule has 0 radical (unpaired) electrons. The second kappa shape index (κ2) is 9.20. The number of esters is 1. The van der Waals surface area contributed by atoms with Crippen molar-refractivity contribution in [3.8, 4) is 0 Å². The van der Waals surface area contributed by atoms with E-state index in [1.165, 1.54) is 31.4 Å². The lowest BCUT2D eigenvalue weighted by Crippen LogP contribution is -2.36. The fraction of sp³-hybridized carbons (Fsp3) is 0.368. The first-order valence-electron chi connectivity index (χ1n) is 9.08. The normalized spacial score (nSPS) is 14.9. The Bertz CT molecular complexity index is 876. The third-order valence-electron chi connectivity index (χ3n) is 4.43. The average molecular weight is 403 g/mol. The van der Waals surface area contributed by atoms with Gasteiger partial charge in [0.1, 0.15) is 11.4 Å². The second-order valence-electron chi connectivity index (χ2n) is 6.40. The largest absolute Gasteiger partial charge is 0.467 e. The van der Waals surface area contributed by atoms with E-state index in [4.69, 9.17) is 13.9 Å². The molecule has 1 atom stereocenters. The average Bonchev–Trinajstić information content (AvgIpc) is 3.25. The summed E-state index contributed by atoms with van der Waals surface area (Å²) >= 11 is 0. The van der Waals surface area contributed by atoms with Crippen molar-refractivity contribution in [2.24, 2.45) is 0 Å². The van der Waals surface area contributed by atoms with Crippen LogP contribution in [0, 0.1) is 10.1 Å². The van der Waals surface area contributed by atoms with Crippen molar-refractivity contribution >= 4 is 23.3 Å². The molecule has 10 nitrogen and oxygen atoms in total. The Hall–Kier alpha value is -3.40. The van der Waals surface area contributed by atoms with Crippen LogP contribution in [-0.4, -0.2) is 49.2 Å². The van der Waals surface area contributed by atoms with Crippen LogP contribution in [0.3, 0.4) is 0 Å². The fourth-order valence-corrected chi connectivity index (χ4v) is 2.88. The summed E-state index contributed by atoms with van der Waals surface area (Å²) in [5, 5.41) is 14.1. The molecular formula is C19H21N3O7. The van der Waals surface area contributed by atoms with Gasteiger partial charge in [-0.2, -0.15) is 0 Å². The van der Waals surface area contributed by atoms with Crippen molar-refractivity contribution in [1.82, 2.24) is 5.32 Å². The van der Waals surface area contributed by atoms with Crippen LogP contribution in [0.25, 0.3) is 0 Å². The number of anilines is 1. The molecule has 1 fully saturated rings. The van der Waals surface area contributed by atoms with Crippen molar-refractivity contribution in [2.75, 3.05) is 31.2 Å². The molecule has 1 aliphatic rings. The number of carbonyl (C=O) groups is 2. The van der Waals surface area contributed by atoms with Gasteiger partial charge in [-0.25, -0.2) is 4.79 Å². The minimum atomic E-state index is -1.07. The lowest BCUT2D eigenvalue weighted by atomic mass is 10.1. The first-order chi connectivity index (χ1) is 14.0. The zero-order chi connectivity index (χ0) is 20.8. The zero-order valence-corrected chi connectivity index (χ0v) is 15.8. The monoisotopic (exact) mass is 403 g/mol. The Morgan fingerprint density at radius 2 is 2.07 bits per heavy atom. The minimum absolute atomic E-state index is 0.000561. The van der Waals surface area contributed by atoms with Crippen molar-refractivity contribution < 1.29 is 28.4 Å². The van der Waals surface area contributed by atoms with Gasteiger partial charge in [0.05, 0.1) is 36.5 Å². The maximum absolute atomic E-state index is 12.4. The summed E-state index contributed by atoms with van der Waals surface area (Å²) in [6, 6.07) is 7.53. The zero-order valence-electron chi connectivity index (χ0n) is 15.8. The highest BCUT2D eigenvalue weighted by atomic mass is 16.6. The standard InChI is InChI=1S/C19H21N3O7/c1-13(18(23)20-12-15-3-2-8-28-15)29-19(24)14-4-5-16(17(11-14)22(25)26)21-6-9-27-10-7-21/h2-5,8,11,13H,6-7,9-10,12H2,1H3,(H,20,23)/t13-/m0/s1. The maximum atomic E-state index is 12.4. The predicted octanol–water partition coefficient (Wildman–Crippen LogP) is 1.89. The van der Waals surface area contributed by atoms with E-state index in [-0.39, 0.29) is 17.8 Å². The number of carbonyl (C=O) groups excluding carboxylic acids is 2. The first-order valence-corrected chi connectivity index (χ1v) is 9.08. The van der Waals surface area contributed by atoms with Crippen LogP contribution in [0.2, 0.25) is 0 Å². The summed E-state index contributed by atoms with van der Waals surface area (Å²) in [6.07, 6.45) is 0.411. The van der Waals surface area contributed by atoms with Crippen molar-refractivity contribution in [1.29, 1.82) is 0 Å². The van der Waals surface area contributed by atoms with E-state index in [0.717, 1.165) is 0 Å².